The van der Waals surface area contributed by atoms with Crippen molar-refractivity contribution in [2.24, 2.45) is 7.05 Å². The molecule has 2 N–H and O–H groups in total. The number of aromatic nitrogens is 6. The van der Waals surface area contributed by atoms with Crippen LogP contribution in [0.2, 0.25) is 0 Å². The van der Waals surface area contributed by atoms with Crippen LogP contribution < -0.4 is 4.90 Å². The van der Waals surface area contributed by atoms with Gasteiger partial charge in [-0.2, -0.15) is 10.2 Å². The highest BCUT2D eigenvalue weighted by Crippen LogP contribution is 2.33. The molecule has 29 heavy (non-hydrogen) atoms. The second kappa shape index (κ2) is 7.23. The van der Waals surface area contributed by atoms with Crippen LogP contribution in [-0.4, -0.2) is 54.2 Å². The lowest BCUT2D eigenvalue weighted by atomic mass is 10.1. The number of rotatable bonds is 3. The Morgan fingerprint density at radius 2 is 2.14 bits per heavy atom. The number of nitrogens with zero attached hydrogens (tertiary/aromatic N) is 6. The Labute approximate surface area is 175 Å². The number of hydrogen-bond donors (Lipinski definition) is 2. The normalized spacial score (nSPS) is 17.2. The molecular weight excluding hydrogens is 434 g/mol. The fourth-order valence-electron chi connectivity index (χ4n) is 3.76. The first-order valence-electron chi connectivity index (χ1n) is 9.51. The molecular formula is C20H20BrN7O. The highest BCUT2D eigenvalue weighted by Gasteiger charge is 2.22. The van der Waals surface area contributed by atoms with E-state index in [0.717, 1.165) is 63.2 Å². The third-order valence-electron chi connectivity index (χ3n) is 5.21. The van der Waals surface area contributed by atoms with Crippen LogP contribution in [0, 0.1) is 0 Å². The van der Waals surface area contributed by atoms with Crippen LogP contribution in [0.25, 0.3) is 33.5 Å². The van der Waals surface area contributed by atoms with Gasteiger partial charge in [0.25, 0.3) is 0 Å². The number of aromatic amines is 1. The van der Waals surface area contributed by atoms with E-state index in [1.165, 1.54) is 0 Å². The number of halogens is 1. The maximum Gasteiger partial charge on any atom is 0.143 e. The van der Waals surface area contributed by atoms with Crippen LogP contribution in [0.4, 0.5) is 5.82 Å². The van der Waals surface area contributed by atoms with Crippen molar-refractivity contribution in [2.75, 3.05) is 18.0 Å². The van der Waals surface area contributed by atoms with Gasteiger partial charge in [-0.25, -0.2) is 4.98 Å². The number of pyridine rings is 2. The summed E-state index contributed by atoms with van der Waals surface area (Å²) in [5.41, 5.74) is 4.20. The summed E-state index contributed by atoms with van der Waals surface area (Å²) in [6, 6.07) is 5.95. The van der Waals surface area contributed by atoms with Crippen molar-refractivity contribution < 1.29 is 5.11 Å². The molecule has 4 aromatic rings. The van der Waals surface area contributed by atoms with E-state index in [-0.39, 0.29) is 6.10 Å². The molecule has 1 atom stereocenters. The van der Waals surface area contributed by atoms with E-state index >= 15 is 0 Å². The minimum absolute atomic E-state index is 0.319. The number of anilines is 1. The lowest BCUT2D eigenvalue weighted by Crippen LogP contribution is -2.38. The first kappa shape index (κ1) is 18.3. The van der Waals surface area contributed by atoms with Crippen molar-refractivity contribution >= 4 is 32.7 Å². The number of piperidine rings is 1. The van der Waals surface area contributed by atoms with Gasteiger partial charge < -0.3 is 10.0 Å². The van der Waals surface area contributed by atoms with Gasteiger partial charge in [-0.3, -0.25) is 14.8 Å². The summed E-state index contributed by atoms with van der Waals surface area (Å²) in [5, 5.41) is 22.8. The Morgan fingerprint density at radius 3 is 2.93 bits per heavy atom. The van der Waals surface area contributed by atoms with Crippen molar-refractivity contribution in [3.05, 3.63) is 41.3 Å². The van der Waals surface area contributed by atoms with Crippen LogP contribution >= 0.6 is 15.9 Å². The molecule has 0 spiro atoms. The third kappa shape index (κ3) is 3.40. The highest BCUT2D eigenvalue weighted by atomic mass is 79.9. The minimum atomic E-state index is -0.319. The maximum absolute atomic E-state index is 10.1. The van der Waals surface area contributed by atoms with E-state index in [1.807, 2.05) is 31.4 Å². The van der Waals surface area contributed by atoms with Gasteiger partial charge in [0, 0.05) is 37.3 Å². The minimum Gasteiger partial charge on any atom is -0.391 e. The highest BCUT2D eigenvalue weighted by molar-refractivity contribution is 9.10. The number of H-pyrrole nitrogens is 1. The zero-order chi connectivity index (χ0) is 20.0. The topological polar surface area (TPSA) is 95.8 Å². The Kier molecular flexibility index (Phi) is 4.56. The first-order chi connectivity index (χ1) is 14.1. The predicted octanol–water partition coefficient (Wildman–Crippen LogP) is 3.14. The van der Waals surface area contributed by atoms with Gasteiger partial charge in [0.05, 0.1) is 39.9 Å². The summed E-state index contributed by atoms with van der Waals surface area (Å²) in [5.74, 6) is 0.832. The molecule has 1 saturated heterocycles. The lowest BCUT2D eigenvalue weighted by molar-refractivity contribution is 0.154. The van der Waals surface area contributed by atoms with Crippen LogP contribution in [-0.2, 0) is 7.05 Å². The summed E-state index contributed by atoms with van der Waals surface area (Å²) in [6.45, 7) is 1.47. The van der Waals surface area contributed by atoms with Crippen LogP contribution in [0.3, 0.4) is 0 Å². The van der Waals surface area contributed by atoms with Gasteiger partial charge in [0.2, 0.25) is 0 Å². The molecule has 0 unspecified atom stereocenters. The summed E-state index contributed by atoms with van der Waals surface area (Å²) < 4.78 is 2.67. The van der Waals surface area contributed by atoms with Crippen molar-refractivity contribution in [1.29, 1.82) is 0 Å². The summed E-state index contributed by atoms with van der Waals surface area (Å²) >= 11 is 3.61. The number of aryl methyl sites for hydroxylation is 1. The average molecular weight is 454 g/mol. The molecule has 0 aromatic carbocycles. The molecule has 8 nitrogen and oxygen atoms in total. The number of β-amino-alcohol motifs (C(OH)–C–C–N with tert-alkyl or cyclic N) is 1. The largest absolute Gasteiger partial charge is 0.391 e. The monoisotopic (exact) mass is 453 g/mol. The van der Waals surface area contributed by atoms with E-state index in [4.69, 9.17) is 4.98 Å². The number of aliphatic hydroxyl groups excluding tert-OH is 1. The summed E-state index contributed by atoms with van der Waals surface area (Å²) in [4.78, 5) is 11.5. The van der Waals surface area contributed by atoms with Crippen molar-refractivity contribution in [1.82, 2.24) is 29.9 Å². The number of fused-ring (bicyclic) bond motifs is 1. The Bertz CT molecular complexity index is 1180. The summed E-state index contributed by atoms with van der Waals surface area (Å²) in [6.07, 6.45) is 6.99. The van der Waals surface area contributed by atoms with E-state index in [2.05, 4.69) is 41.1 Å². The molecule has 0 saturated carbocycles. The fourth-order valence-corrected chi connectivity index (χ4v) is 4.23. The average Bonchev–Trinajstić information content (AvgIpc) is 3.34. The summed E-state index contributed by atoms with van der Waals surface area (Å²) in [7, 11) is 1.89. The predicted molar refractivity (Wildman–Crippen MR) is 114 cm³/mol. The molecule has 0 bridgehead atoms. The molecule has 1 aliphatic rings. The SMILES string of the molecule is Cn1cc(-c2cc3c(-c4ccc(Br)c(N5CCC[C@H](O)C5)n4)n[nH]c3cn2)cn1. The smallest absolute Gasteiger partial charge is 0.143 e. The second-order valence-electron chi connectivity index (χ2n) is 7.33. The Balaban J connectivity index is 1.57. The number of aliphatic hydroxyl groups is 1. The second-order valence-corrected chi connectivity index (χ2v) is 8.19. The zero-order valence-corrected chi connectivity index (χ0v) is 17.5. The van der Waals surface area contributed by atoms with Gasteiger partial charge in [0.1, 0.15) is 11.5 Å². The lowest BCUT2D eigenvalue weighted by Gasteiger charge is -2.31. The number of nitrogens with one attached hydrogen (secondary N) is 1. The first-order valence-corrected chi connectivity index (χ1v) is 10.3. The molecule has 148 valence electrons. The zero-order valence-electron chi connectivity index (χ0n) is 15.9. The van der Waals surface area contributed by atoms with Crippen LogP contribution in [0.15, 0.2) is 41.3 Å². The molecule has 5 rings (SSSR count). The van der Waals surface area contributed by atoms with Crippen molar-refractivity contribution in [2.45, 2.75) is 18.9 Å². The Hall–Kier alpha value is -2.78. The molecule has 5 heterocycles. The maximum atomic E-state index is 10.1. The van der Waals surface area contributed by atoms with Gasteiger partial charge in [-0.1, -0.05) is 0 Å². The number of hydrogen-bond acceptors (Lipinski definition) is 6. The molecule has 4 aromatic heterocycles. The van der Waals surface area contributed by atoms with Crippen molar-refractivity contribution in [3.63, 3.8) is 0 Å². The van der Waals surface area contributed by atoms with Gasteiger partial charge in [-0.15, -0.1) is 0 Å². The van der Waals surface area contributed by atoms with Gasteiger partial charge in [-0.05, 0) is 47.0 Å². The molecule has 1 fully saturated rings. The Morgan fingerprint density at radius 1 is 1.24 bits per heavy atom. The molecule has 0 radical (unpaired) electrons. The molecule has 1 aliphatic heterocycles. The third-order valence-corrected chi connectivity index (χ3v) is 5.83. The van der Waals surface area contributed by atoms with E-state index in [0.29, 0.717) is 6.54 Å². The standard InChI is InChI=1S/C20H20BrN7O/c1-27-10-12(8-23-27)17-7-14-18(9-22-17)25-26-19(14)16-5-4-15(21)20(24-16)28-6-2-3-13(29)11-28/h4-5,7-10,13,29H,2-3,6,11H2,1H3,(H,25,26)/t13-/m0/s1. The van der Waals surface area contributed by atoms with Crippen LogP contribution in [0.5, 0.6) is 0 Å². The fraction of sp³-hybridized carbons (Fsp3) is 0.300. The van der Waals surface area contributed by atoms with Crippen molar-refractivity contribution in [3.8, 4) is 22.6 Å². The van der Waals surface area contributed by atoms with Crippen LogP contribution in [0.1, 0.15) is 12.8 Å². The van der Waals surface area contributed by atoms with Gasteiger partial charge in [0.15, 0.2) is 0 Å². The molecule has 0 aliphatic carbocycles. The molecule has 0 amide bonds. The quantitative estimate of drug-likeness (QED) is 0.494. The van der Waals surface area contributed by atoms with E-state index in [1.54, 1.807) is 17.1 Å². The van der Waals surface area contributed by atoms with E-state index < -0.39 is 0 Å². The van der Waals surface area contributed by atoms with Gasteiger partial charge >= 0.3 is 0 Å². The van der Waals surface area contributed by atoms with E-state index in [9.17, 15) is 5.11 Å². The molecule has 9 heteroatoms.